The van der Waals surface area contributed by atoms with Gasteiger partial charge in [-0.1, -0.05) is 30.4 Å². The van der Waals surface area contributed by atoms with Gasteiger partial charge in [0.25, 0.3) is 0 Å². The number of amides is 1. The van der Waals surface area contributed by atoms with Crippen LogP contribution in [-0.2, 0) is 9.59 Å². The summed E-state index contributed by atoms with van der Waals surface area (Å²) in [7, 11) is 3.93. The Kier molecular flexibility index (Phi) is 5.50. The molecule has 0 unspecified atom stereocenters. The van der Waals surface area contributed by atoms with Crippen LogP contribution in [0.25, 0.3) is 6.08 Å². The molecule has 0 radical (unpaired) electrons. The molecule has 100 valence electrons. The molecule has 5 nitrogen and oxygen atoms in total. The van der Waals surface area contributed by atoms with Gasteiger partial charge in [0.1, 0.15) is 0 Å². The lowest BCUT2D eigenvalue weighted by molar-refractivity contribution is -0.140. The summed E-state index contributed by atoms with van der Waals surface area (Å²) in [5, 5.41) is 8.23. The number of rotatable bonds is 5. The van der Waals surface area contributed by atoms with Crippen molar-refractivity contribution in [2.24, 2.45) is 0 Å². The summed E-state index contributed by atoms with van der Waals surface area (Å²) in [4.78, 5) is 23.7. The van der Waals surface area contributed by atoms with E-state index in [-0.39, 0.29) is 0 Å². The van der Waals surface area contributed by atoms with Crippen molar-refractivity contribution in [2.75, 3.05) is 19.0 Å². The van der Waals surface area contributed by atoms with Gasteiger partial charge in [0.2, 0.25) is 5.78 Å². The lowest BCUT2D eigenvalue weighted by Gasteiger charge is -2.11. The molecular weight excluding hydrogens is 244 g/mol. The van der Waals surface area contributed by atoms with E-state index in [0.717, 1.165) is 17.3 Å². The van der Waals surface area contributed by atoms with E-state index in [9.17, 15) is 9.59 Å². The second kappa shape index (κ2) is 7.13. The maximum Gasteiger partial charge on any atom is 0.315 e. The highest BCUT2D eigenvalue weighted by Crippen LogP contribution is 2.13. The van der Waals surface area contributed by atoms with E-state index in [1.165, 1.54) is 11.6 Å². The van der Waals surface area contributed by atoms with E-state index < -0.39 is 11.7 Å². The standard InChI is InChI=1S/C14H16N2O3/c1-16(2)12-9-7-11(8-10-12)5-3-4-6-13(17)14(18)15-19/h3-10,19H,1-2H3,(H,15,18)/b5-3+,6-4+. The highest BCUT2D eigenvalue weighted by Gasteiger charge is 2.06. The molecule has 0 saturated heterocycles. The number of carbonyl (C=O) groups is 2. The zero-order valence-corrected chi connectivity index (χ0v) is 10.8. The number of nitrogens with one attached hydrogen (secondary N) is 1. The monoisotopic (exact) mass is 260 g/mol. The van der Waals surface area contributed by atoms with Crippen LogP contribution < -0.4 is 10.4 Å². The SMILES string of the molecule is CN(C)c1ccc(/C=C/C=C/C(=O)C(=O)NO)cc1. The number of allylic oxidation sites excluding steroid dienone is 2. The smallest absolute Gasteiger partial charge is 0.315 e. The summed E-state index contributed by atoms with van der Waals surface area (Å²) < 4.78 is 0. The summed E-state index contributed by atoms with van der Waals surface area (Å²) in [6.45, 7) is 0. The van der Waals surface area contributed by atoms with E-state index in [4.69, 9.17) is 5.21 Å². The number of ketones is 1. The van der Waals surface area contributed by atoms with Gasteiger partial charge >= 0.3 is 5.91 Å². The summed E-state index contributed by atoms with van der Waals surface area (Å²) in [5.41, 5.74) is 3.35. The summed E-state index contributed by atoms with van der Waals surface area (Å²) in [5.74, 6) is -1.87. The first kappa shape index (κ1) is 14.7. The first-order valence-corrected chi connectivity index (χ1v) is 5.65. The normalized spacial score (nSPS) is 10.9. The molecule has 19 heavy (non-hydrogen) atoms. The molecule has 1 amide bonds. The highest BCUT2D eigenvalue weighted by atomic mass is 16.5. The number of carbonyl (C=O) groups excluding carboxylic acids is 2. The highest BCUT2D eigenvalue weighted by molar-refractivity contribution is 6.40. The summed E-state index contributed by atoms with van der Waals surface area (Å²) >= 11 is 0. The molecule has 5 heteroatoms. The van der Waals surface area contributed by atoms with Gasteiger partial charge in [-0.3, -0.25) is 14.8 Å². The van der Waals surface area contributed by atoms with Crippen LogP contribution in [0.4, 0.5) is 5.69 Å². The topological polar surface area (TPSA) is 69.6 Å². The van der Waals surface area contributed by atoms with Gasteiger partial charge in [-0.25, -0.2) is 5.48 Å². The van der Waals surface area contributed by atoms with Crippen LogP contribution in [-0.4, -0.2) is 31.0 Å². The van der Waals surface area contributed by atoms with E-state index in [1.54, 1.807) is 12.2 Å². The Morgan fingerprint density at radius 1 is 1.16 bits per heavy atom. The molecule has 0 bridgehead atoms. The molecule has 1 rings (SSSR count). The Labute approximate surface area is 111 Å². The Morgan fingerprint density at radius 2 is 1.79 bits per heavy atom. The second-order valence-corrected chi connectivity index (χ2v) is 4.01. The minimum Gasteiger partial charge on any atom is -0.378 e. The fourth-order valence-electron chi connectivity index (χ4n) is 1.32. The lowest BCUT2D eigenvalue weighted by atomic mass is 10.2. The minimum atomic E-state index is -1.06. The summed E-state index contributed by atoms with van der Waals surface area (Å²) in [6.07, 6.45) is 5.97. The van der Waals surface area contributed by atoms with Gasteiger partial charge in [-0.2, -0.15) is 0 Å². The molecule has 0 saturated carbocycles. The zero-order chi connectivity index (χ0) is 14.3. The Hall–Kier alpha value is -2.40. The fourth-order valence-corrected chi connectivity index (χ4v) is 1.32. The summed E-state index contributed by atoms with van der Waals surface area (Å²) in [6, 6.07) is 7.85. The van der Waals surface area contributed by atoms with Crippen LogP contribution in [0.2, 0.25) is 0 Å². The van der Waals surface area contributed by atoms with E-state index in [1.807, 2.05) is 43.3 Å². The predicted molar refractivity (Wildman–Crippen MR) is 73.9 cm³/mol. The number of hydrogen-bond acceptors (Lipinski definition) is 4. The molecule has 0 atom stereocenters. The lowest BCUT2D eigenvalue weighted by Crippen LogP contribution is -2.26. The molecule has 0 aliphatic heterocycles. The minimum absolute atomic E-state index is 0.810. The Morgan fingerprint density at radius 3 is 2.32 bits per heavy atom. The average Bonchev–Trinajstić information content (AvgIpc) is 2.42. The van der Waals surface area contributed by atoms with Crippen molar-refractivity contribution < 1.29 is 14.8 Å². The molecule has 0 fully saturated rings. The third kappa shape index (κ3) is 4.77. The number of hydrogen-bond donors (Lipinski definition) is 2. The van der Waals surface area contributed by atoms with Crippen molar-refractivity contribution in [1.29, 1.82) is 0 Å². The van der Waals surface area contributed by atoms with Crippen molar-refractivity contribution in [3.05, 3.63) is 48.1 Å². The van der Waals surface area contributed by atoms with Gasteiger partial charge in [-0.15, -0.1) is 0 Å². The molecule has 0 heterocycles. The van der Waals surface area contributed by atoms with Crippen molar-refractivity contribution in [2.45, 2.75) is 0 Å². The Balaban J connectivity index is 2.60. The molecule has 1 aromatic carbocycles. The number of hydroxylamine groups is 1. The maximum atomic E-state index is 11.0. The molecule has 0 aliphatic carbocycles. The van der Waals surface area contributed by atoms with E-state index in [0.29, 0.717) is 0 Å². The largest absolute Gasteiger partial charge is 0.378 e. The van der Waals surface area contributed by atoms with Gasteiger partial charge in [-0.05, 0) is 23.8 Å². The van der Waals surface area contributed by atoms with Crippen LogP contribution in [0, 0.1) is 0 Å². The first-order valence-electron chi connectivity index (χ1n) is 5.65. The molecule has 2 N–H and O–H groups in total. The molecule has 1 aromatic rings. The predicted octanol–water partition coefficient (Wildman–Crippen LogP) is 1.40. The van der Waals surface area contributed by atoms with Crippen LogP contribution in [0.1, 0.15) is 5.56 Å². The van der Waals surface area contributed by atoms with Gasteiger partial charge < -0.3 is 4.90 Å². The van der Waals surface area contributed by atoms with Crippen molar-refractivity contribution in [3.8, 4) is 0 Å². The number of anilines is 1. The third-order valence-electron chi connectivity index (χ3n) is 2.38. The number of benzene rings is 1. The van der Waals surface area contributed by atoms with Gasteiger partial charge in [0.15, 0.2) is 0 Å². The number of nitrogens with zero attached hydrogens (tertiary/aromatic N) is 1. The van der Waals surface area contributed by atoms with E-state index >= 15 is 0 Å². The quantitative estimate of drug-likeness (QED) is 0.276. The van der Waals surface area contributed by atoms with Crippen molar-refractivity contribution in [1.82, 2.24) is 5.48 Å². The van der Waals surface area contributed by atoms with Crippen LogP contribution in [0.5, 0.6) is 0 Å². The third-order valence-corrected chi connectivity index (χ3v) is 2.38. The second-order valence-electron chi connectivity index (χ2n) is 4.01. The molecular formula is C14H16N2O3. The van der Waals surface area contributed by atoms with E-state index in [2.05, 4.69) is 0 Å². The van der Waals surface area contributed by atoms with Gasteiger partial charge in [0, 0.05) is 19.8 Å². The van der Waals surface area contributed by atoms with Crippen LogP contribution in [0.15, 0.2) is 42.5 Å². The van der Waals surface area contributed by atoms with Gasteiger partial charge in [0.05, 0.1) is 0 Å². The molecule has 0 spiro atoms. The van der Waals surface area contributed by atoms with Crippen molar-refractivity contribution >= 4 is 23.5 Å². The average molecular weight is 260 g/mol. The molecule has 0 aromatic heterocycles. The van der Waals surface area contributed by atoms with Crippen molar-refractivity contribution in [3.63, 3.8) is 0 Å². The van der Waals surface area contributed by atoms with Crippen LogP contribution in [0.3, 0.4) is 0 Å². The first-order chi connectivity index (χ1) is 9.04. The maximum absolute atomic E-state index is 11.0. The molecule has 0 aliphatic rings. The fraction of sp³-hybridized carbons (Fsp3) is 0.143. The zero-order valence-electron chi connectivity index (χ0n) is 10.8. The van der Waals surface area contributed by atoms with Crippen LogP contribution >= 0.6 is 0 Å². The Bertz CT molecular complexity index is 502.